The second-order valence-electron chi connectivity index (χ2n) is 5.18. The lowest BCUT2D eigenvalue weighted by Gasteiger charge is -2.30. The summed E-state index contributed by atoms with van der Waals surface area (Å²) in [5.41, 5.74) is 1.35. The van der Waals surface area contributed by atoms with Gasteiger partial charge in [-0.3, -0.25) is 0 Å². The summed E-state index contributed by atoms with van der Waals surface area (Å²) in [5, 5.41) is 13.3. The first-order valence-electron chi connectivity index (χ1n) is 6.88. The highest BCUT2D eigenvalue weighted by atomic mass is 79.9. The molecule has 3 heteroatoms. The second kappa shape index (κ2) is 6.69. The van der Waals surface area contributed by atoms with Crippen molar-refractivity contribution in [3.63, 3.8) is 0 Å². The van der Waals surface area contributed by atoms with Gasteiger partial charge in [0.2, 0.25) is 0 Å². The molecule has 1 atom stereocenters. The van der Waals surface area contributed by atoms with Crippen molar-refractivity contribution in [2.75, 3.05) is 0 Å². The van der Waals surface area contributed by atoms with Gasteiger partial charge in [-0.15, -0.1) is 0 Å². The minimum absolute atomic E-state index is 0.0733. The predicted molar refractivity (Wildman–Crippen MR) is 78.6 cm³/mol. The Hall–Kier alpha value is -0.380. The molecule has 1 aromatic rings. The molecule has 2 N–H and O–H groups in total. The van der Waals surface area contributed by atoms with Crippen molar-refractivity contribution in [3.05, 3.63) is 34.3 Å². The van der Waals surface area contributed by atoms with E-state index in [9.17, 15) is 5.11 Å². The van der Waals surface area contributed by atoms with E-state index in [4.69, 9.17) is 0 Å². The second-order valence-corrected chi connectivity index (χ2v) is 6.10. The molecule has 0 heterocycles. The standard InChI is InChI=1S/C15H22BrNO/c1-2-15(11-3-5-12(16)6-4-11)17-13-7-9-14(18)10-8-13/h3-6,13-15,17-18H,2,7-10H2,1H3. The fraction of sp³-hybridized carbons (Fsp3) is 0.600. The van der Waals surface area contributed by atoms with Crippen LogP contribution in [0.3, 0.4) is 0 Å². The van der Waals surface area contributed by atoms with Crippen molar-refractivity contribution in [2.45, 2.75) is 57.2 Å². The average Bonchev–Trinajstić information content (AvgIpc) is 2.39. The molecule has 1 aliphatic carbocycles. The molecule has 1 saturated carbocycles. The zero-order valence-corrected chi connectivity index (χ0v) is 12.5. The molecule has 1 aliphatic rings. The Kier molecular flexibility index (Phi) is 5.22. The van der Waals surface area contributed by atoms with Crippen LogP contribution in [0, 0.1) is 0 Å². The smallest absolute Gasteiger partial charge is 0.0541 e. The molecule has 2 nitrogen and oxygen atoms in total. The number of nitrogens with one attached hydrogen (secondary N) is 1. The van der Waals surface area contributed by atoms with Crippen molar-refractivity contribution >= 4 is 15.9 Å². The van der Waals surface area contributed by atoms with E-state index >= 15 is 0 Å². The van der Waals surface area contributed by atoms with Gasteiger partial charge in [0, 0.05) is 16.6 Å². The number of aliphatic hydroxyl groups is 1. The average molecular weight is 312 g/mol. The summed E-state index contributed by atoms with van der Waals surface area (Å²) in [6.07, 6.45) is 5.09. The van der Waals surface area contributed by atoms with Crippen LogP contribution in [0.1, 0.15) is 50.6 Å². The highest BCUT2D eigenvalue weighted by molar-refractivity contribution is 9.10. The minimum Gasteiger partial charge on any atom is -0.393 e. The van der Waals surface area contributed by atoms with E-state index in [2.05, 4.69) is 52.4 Å². The van der Waals surface area contributed by atoms with Crippen molar-refractivity contribution in [2.24, 2.45) is 0 Å². The van der Waals surface area contributed by atoms with Crippen molar-refractivity contribution in [1.29, 1.82) is 0 Å². The van der Waals surface area contributed by atoms with E-state index < -0.39 is 0 Å². The van der Waals surface area contributed by atoms with Crippen LogP contribution in [0.2, 0.25) is 0 Å². The molecule has 18 heavy (non-hydrogen) atoms. The molecule has 100 valence electrons. The topological polar surface area (TPSA) is 32.3 Å². The Morgan fingerprint density at radius 2 is 1.83 bits per heavy atom. The molecule has 0 amide bonds. The normalized spacial score (nSPS) is 25.9. The molecule has 0 saturated heterocycles. The zero-order valence-electron chi connectivity index (χ0n) is 10.9. The third-order valence-electron chi connectivity index (χ3n) is 3.81. The van der Waals surface area contributed by atoms with Gasteiger partial charge in [-0.1, -0.05) is 35.0 Å². The fourth-order valence-corrected chi connectivity index (χ4v) is 2.94. The molecule has 1 aromatic carbocycles. The number of benzene rings is 1. The first-order valence-corrected chi connectivity index (χ1v) is 7.68. The number of hydrogen-bond donors (Lipinski definition) is 2. The summed E-state index contributed by atoms with van der Waals surface area (Å²) in [6.45, 7) is 2.22. The highest BCUT2D eigenvalue weighted by Crippen LogP contribution is 2.24. The van der Waals surface area contributed by atoms with Crippen LogP contribution in [0.25, 0.3) is 0 Å². The number of halogens is 1. The maximum atomic E-state index is 9.53. The van der Waals surface area contributed by atoms with Crippen LogP contribution in [-0.4, -0.2) is 17.3 Å². The molecule has 1 unspecified atom stereocenters. The highest BCUT2D eigenvalue weighted by Gasteiger charge is 2.21. The van der Waals surface area contributed by atoms with Crippen LogP contribution >= 0.6 is 15.9 Å². The van der Waals surface area contributed by atoms with Gasteiger partial charge in [0.25, 0.3) is 0 Å². The first kappa shape index (κ1) is 14.0. The zero-order chi connectivity index (χ0) is 13.0. The van der Waals surface area contributed by atoms with E-state index in [0.717, 1.165) is 36.6 Å². The van der Waals surface area contributed by atoms with Gasteiger partial charge in [0.15, 0.2) is 0 Å². The Balaban J connectivity index is 1.94. The van der Waals surface area contributed by atoms with Gasteiger partial charge in [-0.2, -0.15) is 0 Å². The van der Waals surface area contributed by atoms with Crippen LogP contribution in [0.15, 0.2) is 28.7 Å². The largest absolute Gasteiger partial charge is 0.393 e. The maximum Gasteiger partial charge on any atom is 0.0541 e. The van der Waals surface area contributed by atoms with E-state index in [-0.39, 0.29) is 6.10 Å². The Labute approximate surface area is 118 Å². The third kappa shape index (κ3) is 3.81. The summed E-state index contributed by atoms with van der Waals surface area (Å²) in [4.78, 5) is 0. The number of rotatable bonds is 4. The quantitative estimate of drug-likeness (QED) is 0.886. The fourth-order valence-electron chi connectivity index (χ4n) is 2.67. The van der Waals surface area contributed by atoms with Gasteiger partial charge < -0.3 is 10.4 Å². The van der Waals surface area contributed by atoms with Gasteiger partial charge >= 0.3 is 0 Å². The molecule has 0 radical (unpaired) electrons. The lowest BCUT2D eigenvalue weighted by Crippen LogP contribution is -2.36. The third-order valence-corrected chi connectivity index (χ3v) is 4.34. The van der Waals surface area contributed by atoms with Crippen molar-refractivity contribution in [1.82, 2.24) is 5.32 Å². The summed E-state index contributed by atoms with van der Waals surface area (Å²) < 4.78 is 1.13. The summed E-state index contributed by atoms with van der Waals surface area (Å²) in [5.74, 6) is 0. The van der Waals surface area contributed by atoms with Crippen LogP contribution < -0.4 is 5.32 Å². The molecule has 2 rings (SSSR count). The van der Waals surface area contributed by atoms with Crippen LogP contribution in [-0.2, 0) is 0 Å². The predicted octanol–water partition coefficient (Wildman–Crippen LogP) is 3.79. The molecule has 0 aromatic heterocycles. The minimum atomic E-state index is -0.0733. The number of aliphatic hydroxyl groups excluding tert-OH is 1. The lowest BCUT2D eigenvalue weighted by atomic mass is 9.91. The first-order chi connectivity index (χ1) is 8.69. The molecular weight excluding hydrogens is 290 g/mol. The van der Waals surface area contributed by atoms with E-state index in [1.165, 1.54) is 5.56 Å². The SMILES string of the molecule is CCC(NC1CCC(O)CC1)c1ccc(Br)cc1. The van der Waals surface area contributed by atoms with Crippen LogP contribution in [0.5, 0.6) is 0 Å². The van der Waals surface area contributed by atoms with Gasteiger partial charge in [0.1, 0.15) is 0 Å². The Morgan fingerprint density at radius 3 is 2.39 bits per heavy atom. The summed E-state index contributed by atoms with van der Waals surface area (Å²) in [7, 11) is 0. The molecular formula is C15H22BrNO. The van der Waals surface area contributed by atoms with Crippen LogP contribution in [0.4, 0.5) is 0 Å². The maximum absolute atomic E-state index is 9.53. The molecule has 0 aliphatic heterocycles. The van der Waals surface area contributed by atoms with Gasteiger partial charge in [-0.05, 0) is 49.8 Å². The van der Waals surface area contributed by atoms with Gasteiger partial charge in [-0.25, -0.2) is 0 Å². The van der Waals surface area contributed by atoms with Crippen molar-refractivity contribution < 1.29 is 5.11 Å². The Morgan fingerprint density at radius 1 is 1.22 bits per heavy atom. The van der Waals surface area contributed by atoms with Crippen molar-refractivity contribution in [3.8, 4) is 0 Å². The molecule has 1 fully saturated rings. The van der Waals surface area contributed by atoms with E-state index in [1.807, 2.05) is 0 Å². The summed E-state index contributed by atoms with van der Waals surface area (Å²) in [6, 6.07) is 9.56. The number of hydrogen-bond acceptors (Lipinski definition) is 2. The van der Waals surface area contributed by atoms with E-state index in [1.54, 1.807) is 0 Å². The Bertz CT molecular complexity index is 357. The lowest BCUT2D eigenvalue weighted by molar-refractivity contribution is 0.114. The molecule has 0 spiro atoms. The monoisotopic (exact) mass is 311 g/mol. The summed E-state index contributed by atoms with van der Waals surface area (Å²) >= 11 is 3.47. The van der Waals surface area contributed by atoms with Gasteiger partial charge in [0.05, 0.1) is 6.10 Å². The van der Waals surface area contributed by atoms with E-state index in [0.29, 0.717) is 12.1 Å². The molecule has 0 bridgehead atoms.